The molecule has 0 spiro atoms. The molecule has 5 heteroatoms. The average molecular weight is 407 g/mol. The number of hydrogen-bond acceptors (Lipinski definition) is 3. The Morgan fingerprint density at radius 3 is 2.46 bits per heavy atom. The molecule has 0 fully saturated rings. The normalized spacial score (nSPS) is 16.6. The van der Waals surface area contributed by atoms with Crippen LogP contribution in [0.4, 0.5) is 5.00 Å². The van der Waals surface area contributed by atoms with Gasteiger partial charge in [-0.15, -0.1) is 11.3 Å². The molecule has 3 N–H and O–H groups in total. The molecule has 2 rings (SSSR count). The van der Waals surface area contributed by atoms with Gasteiger partial charge >= 0.3 is 0 Å². The van der Waals surface area contributed by atoms with E-state index in [-0.39, 0.29) is 11.3 Å². The third kappa shape index (κ3) is 5.82. The maximum atomic E-state index is 12.4. The lowest BCUT2D eigenvalue weighted by Crippen LogP contribution is -2.29. The summed E-state index contributed by atoms with van der Waals surface area (Å²) in [5, 5.41) is 3.67. The van der Waals surface area contributed by atoms with Crippen LogP contribution < -0.4 is 11.1 Å². The highest BCUT2D eigenvalue weighted by Gasteiger charge is 2.34. The van der Waals surface area contributed by atoms with Crippen molar-refractivity contribution in [3.63, 3.8) is 0 Å². The first-order chi connectivity index (χ1) is 13.3. The Morgan fingerprint density at radius 2 is 1.82 bits per heavy atom. The van der Waals surface area contributed by atoms with Gasteiger partial charge in [0.1, 0.15) is 5.00 Å². The monoisotopic (exact) mass is 406 g/mol. The maximum Gasteiger partial charge on any atom is 0.251 e. The Balaban J connectivity index is 2.01. The van der Waals surface area contributed by atoms with Gasteiger partial charge in [0.2, 0.25) is 5.91 Å². The number of thiophene rings is 1. The van der Waals surface area contributed by atoms with Crippen molar-refractivity contribution in [2.75, 3.05) is 5.32 Å². The van der Waals surface area contributed by atoms with E-state index in [4.69, 9.17) is 5.73 Å². The second kappa shape index (κ2) is 10.4. The predicted molar refractivity (Wildman–Crippen MR) is 119 cm³/mol. The number of carbonyl (C=O) groups is 2. The molecule has 0 unspecified atom stereocenters. The standard InChI is InChI=1S/C23H38N2O2S/c1-5-7-8-9-10-11-12-19(26)25-22-20(21(24)27)17-14-13-16(15-18(17)28-22)23(3,4)6-2/h16H,5-15H2,1-4H3,(H2,24,27)(H,25,26)/t16-/m1/s1. The Bertz CT molecular complexity index is 678. The van der Waals surface area contributed by atoms with Crippen molar-refractivity contribution in [2.45, 2.75) is 98.3 Å². The molecule has 0 bridgehead atoms. The maximum absolute atomic E-state index is 12.4. The molecule has 0 saturated carbocycles. The van der Waals surface area contributed by atoms with Crippen LogP contribution in [0.5, 0.6) is 0 Å². The van der Waals surface area contributed by atoms with Gasteiger partial charge in [-0.1, -0.05) is 66.2 Å². The minimum atomic E-state index is -0.416. The predicted octanol–water partition coefficient (Wildman–Crippen LogP) is 6.08. The Labute approximate surface area is 174 Å². The van der Waals surface area contributed by atoms with Gasteiger partial charge in [-0.25, -0.2) is 0 Å². The summed E-state index contributed by atoms with van der Waals surface area (Å²) in [7, 11) is 0. The van der Waals surface area contributed by atoms with E-state index in [1.165, 1.54) is 30.6 Å². The summed E-state index contributed by atoms with van der Waals surface area (Å²) in [5.74, 6) is 0.193. The van der Waals surface area contributed by atoms with Crippen LogP contribution in [0.15, 0.2) is 0 Å². The van der Waals surface area contributed by atoms with E-state index in [9.17, 15) is 9.59 Å². The minimum Gasteiger partial charge on any atom is -0.365 e. The molecule has 2 amide bonds. The highest BCUT2D eigenvalue weighted by Crippen LogP contribution is 2.45. The van der Waals surface area contributed by atoms with E-state index in [0.29, 0.717) is 22.9 Å². The van der Waals surface area contributed by atoms with Crippen molar-refractivity contribution in [3.8, 4) is 0 Å². The number of amides is 2. The lowest BCUT2D eigenvalue weighted by atomic mass is 9.69. The van der Waals surface area contributed by atoms with Gasteiger partial charge < -0.3 is 11.1 Å². The summed E-state index contributed by atoms with van der Waals surface area (Å²) in [6, 6.07) is 0. The van der Waals surface area contributed by atoms with E-state index < -0.39 is 5.91 Å². The molecule has 0 radical (unpaired) electrons. The average Bonchev–Trinajstić information content (AvgIpc) is 3.01. The molecule has 1 aromatic heterocycles. The van der Waals surface area contributed by atoms with Crippen molar-refractivity contribution in [1.82, 2.24) is 0 Å². The molecule has 1 aliphatic carbocycles. The van der Waals surface area contributed by atoms with E-state index in [1.54, 1.807) is 11.3 Å². The number of nitrogens with one attached hydrogen (secondary N) is 1. The quantitative estimate of drug-likeness (QED) is 0.437. The van der Waals surface area contributed by atoms with E-state index in [1.807, 2.05) is 0 Å². The highest BCUT2D eigenvalue weighted by molar-refractivity contribution is 7.17. The number of hydrogen-bond donors (Lipinski definition) is 2. The van der Waals surface area contributed by atoms with Crippen LogP contribution in [0.25, 0.3) is 0 Å². The molecule has 1 aromatic rings. The molecule has 1 heterocycles. The molecule has 0 saturated heterocycles. The molecule has 28 heavy (non-hydrogen) atoms. The third-order valence-corrected chi connectivity index (χ3v) is 7.71. The van der Waals surface area contributed by atoms with Crippen molar-refractivity contribution >= 4 is 28.2 Å². The zero-order valence-corrected chi connectivity index (χ0v) is 19.0. The summed E-state index contributed by atoms with van der Waals surface area (Å²) < 4.78 is 0. The third-order valence-electron chi connectivity index (χ3n) is 6.54. The number of primary amides is 1. The number of nitrogens with two attached hydrogens (primary N) is 1. The first-order valence-corrected chi connectivity index (χ1v) is 11.9. The fourth-order valence-electron chi connectivity index (χ4n) is 4.15. The van der Waals surface area contributed by atoms with E-state index >= 15 is 0 Å². The van der Waals surface area contributed by atoms with E-state index in [0.717, 1.165) is 44.1 Å². The fraction of sp³-hybridized carbons (Fsp3) is 0.739. The minimum absolute atomic E-state index is 0.00188. The van der Waals surface area contributed by atoms with Crippen LogP contribution in [0, 0.1) is 11.3 Å². The van der Waals surface area contributed by atoms with Gasteiger partial charge in [0.25, 0.3) is 5.91 Å². The zero-order chi connectivity index (χ0) is 20.7. The van der Waals surface area contributed by atoms with Crippen molar-refractivity contribution in [2.24, 2.45) is 17.1 Å². The van der Waals surface area contributed by atoms with Gasteiger partial charge in [-0.05, 0) is 42.6 Å². The second-order valence-electron chi connectivity index (χ2n) is 8.92. The van der Waals surface area contributed by atoms with Crippen molar-refractivity contribution in [3.05, 3.63) is 16.0 Å². The van der Waals surface area contributed by atoms with Crippen LogP contribution in [-0.4, -0.2) is 11.8 Å². The molecular weight excluding hydrogens is 368 g/mol. The molecule has 0 aliphatic heterocycles. The number of anilines is 1. The molecule has 0 aromatic carbocycles. The van der Waals surface area contributed by atoms with Crippen LogP contribution in [0.2, 0.25) is 0 Å². The van der Waals surface area contributed by atoms with Crippen LogP contribution in [0.1, 0.15) is 106 Å². The lowest BCUT2D eigenvalue weighted by Gasteiger charge is -2.36. The smallest absolute Gasteiger partial charge is 0.251 e. The first-order valence-electron chi connectivity index (χ1n) is 11.0. The highest BCUT2D eigenvalue weighted by atomic mass is 32.1. The van der Waals surface area contributed by atoms with Crippen molar-refractivity contribution in [1.29, 1.82) is 0 Å². The Morgan fingerprint density at radius 1 is 1.14 bits per heavy atom. The Kier molecular flexibility index (Phi) is 8.54. The number of unbranched alkanes of at least 4 members (excludes halogenated alkanes) is 5. The second-order valence-corrected chi connectivity index (χ2v) is 10.0. The number of fused-ring (bicyclic) bond motifs is 1. The van der Waals surface area contributed by atoms with Gasteiger partial charge in [0, 0.05) is 11.3 Å². The SMILES string of the molecule is CCCCCCCCC(=O)Nc1sc2c(c1C(N)=O)CC[C@@H](C(C)(C)CC)C2. The Hall–Kier alpha value is -1.36. The summed E-state index contributed by atoms with van der Waals surface area (Å²) in [6.45, 7) is 9.10. The summed E-state index contributed by atoms with van der Waals surface area (Å²) in [6.07, 6.45) is 11.5. The van der Waals surface area contributed by atoms with Gasteiger partial charge in [0.15, 0.2) is 0 Å². The van der Waals surface area contributed by atoms with E-state index in [2.05, 4.69) is 33.0 Å². The fourth-order valence-corrected chi connectivity index (χ4v) is 5.49. The zero-order valence-electron chi connectivity index (χ0n) is 18.2. The largest absolute Gasteiger partial charge is 0.365 e. The molecule has 1 atom stereocenters. The molecule has 4 nitrogen and oxygen atoms in total. The van der Waals surface area contributed by atoms with Crippen LogP contribution in [-0.2, 0) is 17.6 Å². The van der Waals surface area contributed by atoms with Crippen molar-refractivity contribution < 1.29 is 9.59 Å². The summed E-state index contributed by atoms with van der Waals surface area (Å²) in [5.41, 5.74) is 7.62. The molecule has 158 valence electrons. The number of carbonyl (C=O) groups excluding carboxylic acids is 2. The summed E-state index contributed by atoms with van der Waals surface area (Å²) >= 11 is 1.57. The van der Waals surface area contributed by atoms with Gasteiger partial charge in [-0.2, -0.15) is 0 Å². The lowest BCUT2D eigenvalue weighted by molar-refractivity contribution is -0.116. The van der Waals surface area contributed by atoms with Crippen LogP contribution >= 0.6 is 11.3 Å². The first kappa shape index (κ1) is 22.9. The summed E-state index contributed by atoms with van der Waals surface area (Å²) in [4.78, 5) is 25.7. The molecule has 1 aliphatic rings. The van der Waals surface area contributed by atoms with Gasteiger partial charge in [-0.3, -0.25) is 9.59 Å². The number of rotatable bonds is 11. The van der Waals surface area contributed by atoms with Crippen LogP contribution in [0.3, 0.4) is 0 Å². The molecular formula is C23H38N2O2S. The van der Waals surface area contributed by atoms with Gasteiger partial charge in [0.05, 0.1) is 5.56 Å². The topological polar surface area (TPSA) is 72.2 Å².